The average molecular weight is 339 g/mol. The molecule has 3 rings (SSSR count). The first kappa shape index (κ1) is 15.9. The first-order valence-electron chi connectivity index (χ1n) is 6.80. The van der Waals surface area contributed by atoms with Gasteiger partial charge in [-0.3, -0.25) is 0 Å². The lowest BCUT2D eigenvalue weighted by Gasteiger charge is -2.08. The average Bonchev–Trinajstić information content (AvgIpc) is 2.93. The molecule has 0 saturated heterocycles. The van der Waals surface area contributed by atoms with Gasteiger partial charge in [0.2, 0.25) is 5.88 Å². The van der Waals surface area contributed by atoms with E-state index in [9.17, 15) is 13.2 Å². The van der Waals surface area contributed by atoms with E-state index in [0.29, 0.717) is 22.7 Å². The largest absolute Gasteiger partial charge is 0.467 e. The van der Waals surface area contributed by atoms with Crippen LogP contribution >= 0.6 is 0 Å². The lowest BCUT2D eigenvalue weighted by Crippen LogP contribution is -2.19. The molecule has 3 heterocycles. The zero-order valence-electron chi connectivity index (χ0n) is 12.4. The number of anilines is 1. The Morgan fingerprint density at radius 1 is 1.17 bits per heavy atom. The van der Waals surface area contributed by atoms with Gasteiger partial charge in [-0.1, -0.05) is 0 Å². The van der Waals surface area contributed by atoms with Gasteiger partial charge in [-0.05, 0) is 6.07 Å². The van der Waals surface area contributed by atoms with Gasteiger partial charge in [-0.15, -0.1) is 5.10 Å². The van der Waals surface area contributed by atoms with Crippen LogP contribution in [0.5, 0.6) is 5.88 Å². The minimum Gasteiger partial charge on any atom is -0.467 e. The second-order valence-electron chi connectivity index (χ2n) is 4.87. The Bertz CT molecular complexity index is 832. The van der Waals surface area contributed by atoms with Gasteiger partial charge in [0, 0.05) is 13.1 Å². The van der Waals surface area contributed by atoms with Crippen molar-refractivity contribution in [2.24, 2.45) is 7.05 Å². The van der Waals surface area contributed by atoms with Crippen molar-refractivity contribution in [3.8, 4) is 5.88 Å². The number of rotatable bonds is 5. The number of nitrogens with one attached hydrogen (secondary N) is 1. The Kier molecular flexibility index (Phi) is 4.15. The van der Waals surface area contributed by atoms with Crippen LogP contribution in [-0.2, 0) is 13.6 Å². The van der Waals surface area contributed by atoms with E-state index in [1.165, 1.54) is 18.5 Å². The molecule has 0 radical (unpaired) electrons. The summed E-state index contributed by atoms with van der Waals surface area (Å²) in [6.45, 7) is -1.13. The van der Waals surface area contributed by atoms with Gasteiger partial charge in [0.25, 0.3) is 0 Å². The normalized spacial score (nSPS) is 11.7. The molecule has 0 atom stereocenters. The highest BCUT2D eigenvalue weighted by atomic mass is 19.4. The molecule has 0 fully saturated rings. The maximum atomic E-state index is 12.1. The van der Waals surface area contributed by atoms with Gasteiger partial charge in [-0.25, -0.2) is 15.0 Å². The minimum atomic E-state index is -4.41. The van der Waals surface area contributed by atoms with Crippen molar-refractivity contribution in [2.45, 2.75) is 12.7 Å². The van der Waals surface area contributed by atoms with Gasteiger partial charge in [0.15, 0.2) is 18.1 Å². The number of nitrogens with zero attached hydrogens (tertiary/aromatic N) is 6. The molecule has 0 aliphatic rings. The maximum absolute atomic E-state index is 12.1. The number of hydrogen-bond acceptors (Lipinski definition) is 7. The molecule has 126 valence electrons. The van der Waals surface area contributed by atoms with Crippen molar-refractivity contribution in [1.82, 2.24) is 29.7 Å². The third kappa shape index (κ3) is 3.67. The van der Waals surface area contributed by atoms with E-state index < -0.39 is 12.8 Å². The summed E-state index contributed by atoms with van der Waals surface area (Å²) in [5.74, 6) is 0.338. The zero-order valence-corrected chi connectivity index (χ0v) is 12.4. The zero-order chi connectivity index (χ0) is 17.2. The monoisotopic (exact) mass is 339 g/mol. The van der Waals surface area contributed by atoms with Crippen LogP contribution in [0.2, 0.25) is 0 Å². The molecule has 0 aromatic carbocycles. The van der Waals surface area contributed by atoms with Crippen LogP contribution < -0.4 is 10.1 Å². The first-order valence-corrected chi connectivity index (χ1v) is 6.80. The van der Waals surface area contributed by atoms with Gasteiger partial charge in [-0.2, -0.15) is 18.3 Å². The third-order valence-corrected chi connectivity index (χ3v) is 3.01. The molecule has 0 aliphatic heterocycles. The molecular weight excluding hydrogens is 327 g/mol. The number of aryl methyl sites for hydroxylation is 1. The van der Waals surface area contributed by atoms with Crippen LogP contribution in [0.4, 0.5) is 19.0 Å². The number of aromatic nitrogens is 6. The van der Waals surface area contributed by atoms with E-state index >= 15 is 0 Å². The van der Waals surface area contributed by atoms with E-state index in [1.807, 2.05) is 7.05 Å². The molecule has 0 aliphatic carbocycles. The summed E-state index contributed by atoms with van der Waals surface area (Å²) in [6, 6.07) is 2.84. The fourth-order valence-corrected chi connectivity index (χ4v) is 1.92. The van der Waals surface area contributed by atoms with E-state index in [0.717, 1.165) is 0 Å². The molecule has 0 saturated carbocycles. The number of ether oxygens (including phenoxy) is 1. The summed E-state index contributed by atoms with van der Waals surface area (Å²) >= 11 is 0. The highest BCUT2D eigenvalue weighted by Crippen LogP contribution is 2.18. The minimum absolute atomic E-state index is 0.190. The van der Waals surface area contributed by atoms with Crippen LogP contribution in [0.1, 0.15) is 5.69 Å². The molecule has 11 heteroatoms. The van der Waals surface area contributed by atoms with Crippen molar-refractivity contribution in [1.29, 1.82) is 0 Å². The van der Waals surface area contributed by atoms with Gasteiger partial charge in [0.1, 0.15) is 11.8 Å². The quantitative estimate of drug-likeness (QED) is 0.756. The van der Waals surface area contributed by atoms with Crippen LogP contribution in [-0.4, -0.2) is 42.5 Å². The smallest absolute Gasteiger partial charge is 0.422 e. The van der Waals surface area contributed by atoms with Crippen LogP contribution in [0.3, 0.4) is 0 Å². The molecule has 24 heavy (non-hydrogen) atoms. The summed E-state index contributed by atoms with van der Waals surface area (Å²) < 4.78 is 42.4. The predicted octanol–water partition coefficient (Wildman–Crippen LogP) is 1.71. The van der Waals surface area contributed by atoms with Crippen molar-refractivity contribution in [3.63, 3.8) is 0 Å². The molecule has 8 nitrogen and oxygen atoms in total. The highest BCUT2D eigenvalue weighted by Gasteiger charge is 2.28. The Labute approximate surface area is 133 Å². The Hall–Kier alpha value is -2.98. The summed E-state index contributed by atoms with van der Waals surface area (Å²) in [6.07, 6.45) is -1.38. The fourth-order valence-electron chi connectivity index (χ4n) is 1.92. The molecule has 0 unspecified atom stereocenters. The highest BCUT2D eigenvalue weighted by molar-refractivity contribution is 5.82. The van der Waals surface area contributed by atoms with Crippen molar-refractivity contribution < 1.29 is 17.9 Å². The number of fused-ring (bicyclic) bond motifs is 1. The Morgan fingerprint density at radius 2 is 2.00 bits per heavy atom. The molecular formula is C13H12F3N7O. The second-order valence-corrected chi connectivity index (χ2v) is 4.87. The van der Waals surface area contributed by atoms with Crippen LogP contribution in [0.15, 0.2) is 24.8 Å². The van der Waals surface area contributed by atoms with E-state index in [2.05, 4.69) is 35.2 Å². The van der Waals surface area contributed by atoms with E-state index in [4.69, 9.17) is 0 Å². The predicted molar refractivity (Wildman–Crippen MR) is 77.2 cm³/mol. The number of hydrogen-bond donors (Lipinski definition) is 1. The second kappa shape index (κ2) is 6.26. The van der Waals surface area contributed by atoms with Gasteiger partial charge < -0.3 is 14.6 Å². The van der Waals surface area contributed by atoms with Crippen molar-refractivity contribution in [2.75, 3.05) is 11.9 Å². The number of imidazole rings is 1. The van der Waals surface area contributed by atoms with Crippen LogP contribution in [0.25, 0.3) is 11.2 Å². The van der Waals surface area contributed by atoms with Crippen LogP contribution in [0, 0.1) is 0 Å². The fraction of sp³-hybridized carbons (Fsp3) is 0.308. The first-order chi connectivity index (χ1) is 11.4. The van der Waals surface area contributed by atoms with Gasteiger partial charge >= 0.3 is 6.18 Å². The Balaban J connectivity index is 1.64. The summed E-state index contributed by atoms with van der Waals surface area (Å²) in [4.78, 5) is 12.4. The number of halogens is 3. The molecule has 0 spiro atoms. The maximum Gasteiger partial charge on any atom is 0.422 e. The van der Waals surface area contributed by atoms with E-state index in [-0.39, 0.29) is 12.4 Å². The van der Waals surface area contributed by atoms with Crippen molar-refractivity contribution >= 4 is 17.0 Å². The summed E-state index contributed by atoms with van der Waals surface area (Å²) in [5, 5.41) is 10.4. The standard InChI is InChI=1S/C13H12F3N7O/c1-23-7-20-10-11(18-6-19-12(10)23)17-4-8-2-3-9(22-21-8)24-5-13(14,15)16/h2-3,6-7H,4-5H2,1H3,(H,17,18,19). The lowest BCUT2D eigenvalue weighted by molar-refractivity contribution is -0.154. The SMILES string of the molecule is Cn1cnc2c(NCc3ccc(OCC(F)(F)F)nn3)ncnc21. The third-order valence-electron chi connectivity index (χ3n) is 3.01. The topological polar surface area (TPSA) is 90.6 Å². The lowest BCUT2D eigenvalue weighted by atomic mass is 10.3. The summed E-state index contributed by atoms with van der Waals surface area (Å²) in [7, 11) is 1.82. The number of alkyl halides is 3. The van der Waals surface area contributed by atoms with Crippen molar-refractivity contribution in [3.05, 3.63) is 30.5 Å². The molecule has 0 bridgehead atoms. The van der Waals surface area contributed by atoms with E-state index in [1.54, 1.807) is 10.9 Å². The Morgan fingerprint density at radius 3 is 2.71 bits per heavy atom. The molecule has 0 amide bonds. The van der Waals surface area contributed by atoms with Gasteiger partial charge in [0.05, 0.1) is 18.6 Å². The molecule has 3 aromatic heterocycles. The molecule has 3 aromatic rings. The summed E-state index contributed by atoms with van der Waals surface area (Å²) in [5.41, 5.74) is 1.80. The molecule has 1 N–H and O–H groups in total.